The Bertz CT molecular complexity index is 248. The molecule has 2 rings (SSSR count). The highest BCUT2D eigenvalue weighted by molar-refractivity contribution is 8.19. The zero-order valence-electron chi connectivity index (χ0n) is 11.1. The van der Waals surface area contributed by atoms with Crippen molar-refractivity contribution < 1.29 is 0 Å². The number of benzene rings is 1. The van der Waals surface area contributed by atoms with E-state index in [1.807, 2.05) is 27.7 Å². The Labute approximate surface area is 110 Å². The molecule has 0 bridgehead atoms. The van der Waals surface area contributed by atoms with Crippen molar-refractivity contribution in [3.8, 4) is 0 Å². The Morgan fingerprint density at radius 3 is 1.75 bits per heavy atom. The third-order valence-electron chi connectivity index (χ3n) is 1.97. The Morgan fingerprint density at radius 2 is 1.31 bits per heavy atom. The summed E-state index contributed by atoms with van der Waals surface area (Å²) in [5.41, 5.74) is 2.83. The molecule has 0 spiro atoms. The number of hydrogen-bond acceptors (Lipinski definition) is 2. The van der Waals surface area contributed by atoms with E-state index < -0.39 is 0 Å². The van der Waals surface area contributed by atoms with E-state index in [1.165, 1.54) is 22.6 Å². The lowest BCUT2D eigenvalue weighted by Crippen LogP contribution is -1.83. The van der Waals surface area contributed by atoms with Gasteiger partial charge in [-0.3, -0.25) is 0 Å². The summed E-state index contributed by atoms with van der Waals surface area (Å²) in [6.07, 6.45) is 0. The van der Waals surface area contributed by atoms with E-state index in [9.17, 15) is 0 Å². The number of hydrogen-bond donors (Lipinski definition) is 0. The highest BCUT2D eigenvalue weighted by atomic mass is 32.2. The Balaban J connectivity index is 0.000000509. The normalized spacial score (nSPS) is 14.6. The zero-order valence-corrected chi connectivity index (χ0v) is 12.8. The van der Waals surface area contributed by atoms with E-state index in [1.54, 1.807) is 0 Å². The highest BCUT2D eigenvalue weighted by Gasteiger charge is 2.17. The number of rotatable bonds is 1. The second-order valence-electron chi connectivity index (χ2n) is 2.98. The van der Waals surface area contributed by atoms with Gasteiger partial charge < -0.3 is 0 Å². The maximum Gasteiger partial charge on any atom is 0.0751 e. The fourth-order valence-corrected chi connectivity index (χ4v) is 4.13. The monoisotopic (exact) mass is 256 g/mol. The molecule has 0 atom stereocenters. The highest BCUT2D eigenvalue weighted by Crippen LogP contribution is 2.44. The lowest BCUT2D eigenvalue weighted by molar-refractivity contribution is 1.35. The molecular weight excluding hydrogens is 232 g/mol. The van der Waals surface area contributed by atoms with Crippen LogP contribution in [0.1, 0.15) is 43.4 Å². The maximum absolute atomic E-state index is 2.26. The van der Waals surface area contributed by atoms with E-state index >= 15 is 0 Å². The van der Waals surface area contributed by atoms with Gasteiger partial charge in [0.1, 0.15) is 0 Å². The van der Waals surface area contributed by atoms with Crippen LogP contribution in [0.15, 0.2) is 24.3 Å². The fourth-order valence-electron chi connectivity index (χ4n) is 1.27. The van der Waals surface area contributed by atoms with Gasteiger partial charge in [-0.1, -0.05) is 57.5 Å². The molecule has 1 heterocycles. The molecule has 0 radical (unpaired) electrons. The van der Waals surface area contributed by atoms with Crippen LogP contribution >= 0.6 is 23.5 Å². The second-order valence-corrected chi connectivity index (χ2v) is 5.71. The lowest BCUT2D eigenvalue weighted by atomic mass is 10.2. The van der Waals surface area contributed by atoms with Gasteiger partial charge in [0, 0.05) is 11.5 Å². The predicted octanol–water partition coefficient (Wildman–Crippen LogP) is 5.53. The van der Waals surface area contributed by atoms with Crippen molar-refractivity contribution in [1.82, 2.24) is 0 Å². The lowest BCUT2D eigenvalue weighted by Gasteiger charge is -2.07. The Kier molecular flexibility index (Phi) is 10.0. The summed E-state index contributed by atoms with van der Waals surface area (Å²) in [5.74, 6) is 2.62. The van der Waals surface area contributed by atoms with E-state index in [2.05, 4.69) is 54.7 Å². The molecule has 92 valence electrons. The Hall–Kier alpha value is -0.0800. The fraction of sp³-hybridized carbons (Fsp3) is 0.571. The molecule has 0 saturated carbocycles. The molecule has 1 aromatic rings. The summed E-state index contributed by atoms with van der Waals surface area (Å²) in [4.78, 5) is 0. The minimum absolute atomic E-state index is 0.700. The predicted molar refractivity (Wildman–Crippen MR) is 81.5 cm³/mol. The summed E-state index contributed by atoms with van der Waals surface area (Å²) < 4.78 is 0.700. The van der Waals surface area contributed by atoms with Gasteiger partial charge in [-0.15, -0.1) is 23.5 Å². The molecule has 1 saturated heterocycles. The first-order valence-corrected chi connectivity index (χ1v) is 8.26. The van der Waals surface area contributed by atoms with Crippen molar-refractivity contribution in [2.24, 2.45) is 0 Å². The third kappa shape index (κ3) is 5.31. The first kappa shape index (κ1) is 15.9. The molecule has 0 N–H and O–H groups in total. The molecule has 1 aromatic carbocycles. The summed E-state index contributed by atoms with van der Waals surface area (Å²) in [5, 5.41) is 0. The van der Waals surface area contributed by atoms with Crippen LogP contribution < -0.4 is 0 Å². The van der Waals surface area contributed by atoms with Gasteiger partial charge in [0.15, 0.2) is 0 Å². The van der Waals surface area contributed by atoms with E-state index in [-0.39, 0.29) is 0 Å². The molecule has 16 heavy (non-hydrogen) atoms. The van der Waals surface area contributed by atoms with Crippen LogP contribution in [0.25, 0.3) is 0 Å². The molecule has 0 aliphatic carbocycles. The van der Waals surface area contributed by atoms with E-state index in [4.69, 9.17) is 0 Å². The van der Waals surface area contributed by atoms with E-state index in [0.717, 1.165) is 0 Å². The van der Waals surface area contributed by atoms with Crippen LogP contribution in [0.2, 0.25) is 0 Å². The number of thioether (sulfide) groups is 2. The largest absolute Gasteiger partial charge is 0.142 e. The van der Waals surface area contributed by atoms with Crippen LogP contribution in [0, 0.1) is 6.92 Å². The maximum atomic E-state index is 2.26. The number of aryl methyl sites for hydroxylation is 1. The molecule has 0 nitrogen and oxygen atoms in total. The quantitative estimate of drug-likeness (QED) is 0.648. The van der Waals surface area contributed by atoms with Gasteiger partial charge in [0.2, 0.25) is 0 Å². The summed E-state index contributed by atoms with van der Waals surface area (Å²) in [7, 11) is 0. The standard InChI is InChI=1S/C10H12S2.2C2H6/c1-8-2-4-9(5-3-8)10-11-6-7-12-10;2*1-2/h2-5,10H,6-7H2,1H3;2*1-2H3. The first-order valence-electron chi connectivity index (χ1n) is 6.16. The minimum atomic E-state index is 0.700. The van der Waals surface area contributed by atoms with Crippen molar-refractivity contribution in [1.29, 1.82) is 0 Å². The molecule has 0 aromatic heterocycles. The molecular formula is C14H24S2. The van der Waals surface area contributed by atoms with Crippen molar-refractivity contribution in [2.75, 3.05) is 11.5 Å². The smallest absolute Gasteiger partial charge is 0.0751 e. The third-order valence-corrected chi connectivity index (χ3v) is 5.08. The van der Waals surface area contributed by atoms with E-state index in [0.29, 0.717) is 4.58 Å². The SMILES string of the molecule is CC.CC.Cc1ccc(C2SCCS2)cc1. The van der Waals surface area contributed by atoms with Gasteiger partial charge >= 0.3 is 0 Å². The van der Waals surface area contributed by atoms with Crippen LogP contribution in [0.5, 0.6) is 0 Å². The van der Waals surface area contributed by atoms with Crippen molar-refractivity contribution in [3.63, 3.8) is 0 Å². The topological polar surface area (TPSA) is 0 Å². The summed E-state index contributed by atoms with van der Waals surface area (Å²) in [6, 6.07) is 8.92. The molecule has 1 aliphatic heterocycles. The molecule has 1 fully saturated rings. The van der Waals surface area contributed by atoms with Crippen molar-refractivity contribution >= 4 is 23.5 Å². The zero-order chi connectivity index (χ0) is 12.4. The Morgan fingerprint density at radius 1 is 0.875 bits per heavy atom. The van der Waals surface area contributed by atoms with Crippen molar-refractivity contribution in [3.05, 3.63) is 35.4 Å². The molecule has 0 unspecified atom stereocenters. The van der Waals surface area contributed by atoms with Gasteiger partial charge in [-0.25, -0.2) is 0 Å². The van der Waals surface area contributed by atoms with Crippen LogP contribution in [0.3, 0.4) is 0 Å². The first-order chi connectivity index (χ1) is 7.86. The van der Waals surface area contributed by atoms with Crippen LogP contribution in [-0.4, -0.2) is 11.5 Å². The molecule has 0 amide bonds. The molecule has 2 heteroatoms. The minimum Gasteiger partial charge on any atom is -0.142 e. The summed E-state index contributed by atoms with van der Waals surface area (Å²) in [6.45, 7) is 10.1. The average Bonchev–Trinajstić information content (AvgIpc) is 2.89. The van der Waals surface area contributed by atoms with Gasteiger partial charge in [-0.05, 0) is 12.5 Å². The van der Waals surface area contributed by atoms with Gasteiger partial charge in [-0.2, -0.15) is 0 Å². The average molecular weight is 256 g/mol. The van der Waals surface area contributed by atoms with Crippen LogP contribution in [-0.2, 0) is 0 Å². The van der Waals surface area contributed by atoms with Crippen molar-refractivity contribution in [2.45, 2.75) is 39.2 Å². The second kappa shape index (κ2) is 10.1. The van der Waals surface area contributed by atoms with Gasteiger partial charge in [0.05, 0.1) is 4.58 Å². The van der Waals surface area contributed by atoms with Crippen LogP contribution in [0.4, 0.5) is 0 Å². The van der Waals surface area contributed by atoms with Gasteiger partial charge in [0.25, 0.3) is 0 Å². The summed E-state index contributed by atoms with van der Waals surface area (Å²) >= 11 is 4.13. The molecule has 1 aliphatic rings.